The van der Waals surface area contributed by atoms with Crippen LogP contribution in [0.4, 0.5) is 0 Å². The van der Waals surface area contributed by atoms with Crippen molar-refractivity contribution in [2.24, 2.45) is 23.2 Å². The van der Waals surface area contributed by atoms with Crippen LogP contribution in [0.15, 0.2) is 0 Å². The molecule has 2 aliphatic heterocycles. The van der Waals surface area contributed by atoms with Gasteiger partial charge in [0.05, 0.1) is 0 Å². The van der Waals surface area contributed by atoms with Crippen LogP contribution in [-0.2, 0) is 4.79 Å². The molecule has 19 heavy (non-hydrogen) atoms. The van der Waals surface area contributed by atoms with E-state index in [9.17, 15) is 4.79 Å². The first-order chi connectivity index (χ1) is 8.77. The fraction of sp³-hybridized carbons (Fsp3) is 0.933. The molecule has 1 spiro atoms. The molecule has 1 N–H and O–H groups in total. The molecule has 0 bridgehead atoms. The molecule has 2 aliphatic carbocycles. The molecule has 2 unspecified atom stereocenters. The van der Waals surface area contributed by atoms with Gasteiger partial charge >= 0.3 is 0 Å². The normalized spacial score (nSPS) is 36.1. The van der Waals surface area contributed by atoms with Crippen molar-refractivity contribution in [2.45, 2.75) is 38.5 Å². The highest BCUT2D eigenvalue weighted by molar-refractivity contribution is 5.85. The molecule has 4 fully saturated rings. The van der Waals surface area contributed by atoms with Crippen LogP contribution < -0.4 is 5.32 Å². The lowest BCUT2D eigenvalue weighted by molar-refractivity contribution is -0.135. The van der Waals surface area contributed by atoms with E-state index in [1.54, 1.807) is 0 Å². The number of carbonyl (C=O) groups excluding carboxylic acids is 1. The number of piperidine rings is 1. The summed E-state index contributed by atoms with van der Waals surface area (Å²) in [7, 11) is 0. The maximum Gasteiger partial charge on any atom is 0.225 e. The van der Waals surface area contributed by atoms with Crippen LogP contribution in [0.3, 0.4) is 0 Å². The van der Waals surface area contributed by atoms with Gasteiger partial charge in [0, 0.05) is 25.6 Å². The maximum absolute atomic E-state index is 12.4. The Balaban J connectivity index is 0.00000110. The van der Waals surface area contributed by atoms with Crippen molar-refractivity contribution in [1.82, 2.24) is 10.2 Å². The Bertz CT molecular complexity index is 353. The minimum Gasteiger partial charge on any atom is -0.342 e. The van der Waals surface area contributed by atoms with E-state index in [0.717, 1.165) is 24.9 Å². The van der Waals surface area contributed by atoms with Crippen LogP contribution in [0, 0.1) is 23.2 Å². The average Bonchev–Trinajstić information content (AvgIpc) is 3.28. The molecule has 108 valence electrons. The number of halogens is 1. The molecular weight excluding hydrogens is 260 g/mol. The van der Waals surface area contributed by atoms with Crippen molar-refractivity contribution >= 4 is 18.3 Å². The second-order valence-electron chi connectivity index (χ2n) is 7.10. The summed E-state index contributed by atoms with van der Waals surface area (Å²) in [4.78, 5) is 14.6. The number of hydrogen-bond donors (Lipinski definition) is 1. The maximum atomic E-state index is 12.4. The molecule has 0 aromatic heterocycles. The molecule has 1 amide bonds. The third kappa shape index (κ3) is 2.52. The van der Waals surface area contributed by atoms with Crippen molar-refractivity contribution in [3.8, 4) is 0 Å². The monoisotopic (exact) mass is 284 g/mol. The summed E-state index contributed by atoms with van der Waals surface area (Å²) in [6.07, 6.45) is 7.77. The van der Waals surface area contributed by atoms with Gasteiger partial charge in [0.1, 0.15) is 0 Å². The van der Waals surface area contributed by atoms with Crippen LogP contribution in [0.1, 0.15) is 38.5 Å². The molecule has 2 saturated heterocycles. The zero-order valence-electron chi connectivity index (χ0n) is 11.6. The lowest BCUT2D eigenvalue weighted by atomic mass is 9.78. The highest BCUT2D eigenvalue weighted by atomic mass is 35.5. The van der Waals surface area contributed by atoms with Crippen molar-refractivity contribution in [1.29, 1.82) is 0 Å². The third-order valence-electron chi connectivity index (χ3n) is 5.85. The van der Waals surface area contributed by atoms with Crippen molar-refractivity contribution < 1.29 is 4.79 Å². The van der Waals surface area contributed by atoms with E-state index < -0.39 is 0 Å². The molecule has 4 aliphatic rings. The lowest BCUT2D eigenvalue weighted by Crippen LogP contribution is -2.44. The van der Waals surface area contributed by atoms with Gasteiger partial charge in [-0.05, 0) is 62.3 Å². The van der Waals surface area contributed by atoms with Crippen LogP contribution in [-0.4, -0.2) is 37.0 Å². The van der Waals surface area contributed by atoms with E-state index in [1.807, 2.05) is 0 Å². The predicted molar refractivity (Wildman–Crippen MR) is 77.3 cm³/mol. The molecular formula is C15H25ClN2O. The van der Waals surface area contributed by atoms with Crippen molar-refractivity contribution in [3.63, 3.8) is 0 Å². The van der Waals surface area contributed by atoms with E-state index >= 15 is 0 Å². The number of nitrogens with one attached hydrogen (secondary N) is 1. The Morgan fingerprint density at radius 3 is 2.47 bits per heavy atom. The zero-order chi connectivity index (χ0) is 12.2. The van der Waals surface area contributed by atoms with Crippen LogP contribution >= 0.6 is 12.4 Å². The zero-order valence-corrected chi connectivity index (χ0v) is 12.4. The summed E-state index contributed by atoms with van der Waals surface area (Å²) in [5.41, 5.74) is 0.538. The van der Waals surface area contributed by atoms with Crippen LogP contribution in [0.2, 0.25) is 0 Å². The SMILES string of the molecule is Cl.O=C(C1CC1C1CC1)N1CCC2(CCNC2)CC1. The van der Waals surface area contributed by atoms with Gasteiger partial charge in [0.2, 0.25) is 5.91 Å². The first-order valence-corrected chi connectivity index (χ1v) is 7.77. The Morgan fingerprint density at radius 1 is 1.16 bits per heavy atom. The molecule has 2 atom stereocenters. The second-order valence-corrected chi connectivity index (χ2v) is 7.10. The second kappa shape index (κ2) is 4.92. The Hall–Kier alpha value is -0.280. The summed E-state index contributed by atoms with van der Waals surface area (Å²) >= 11 is 0. The number of rotatable bonds is 2. The molecule has 4 rings (SSSR count). The first-order valence-electron chi connectivity index (χ1n) is 7.77. The summed E-state index contributed by atoms with van der Waals surface area (Å²) in [6.45, 7) is 4.41. The minimum atomic E-state index is 0. The molecule has 2 heterocycles. The van der Waals surface area contributed by atoms with Crippen molar-refractivity contribution in [3.05, 3.63) is 0 Å². The van der Waals surface area contributed by atoms with E-state index in [-0.39, 0.29) is 12.4 Å². The van der Waals surface area contributed by atoms with Gasteiger partial charge in [-0.25, -0.2) is 0 Å². The summed E-state index contributed by atoms with van der Waals surface area (Å²) in [5.74, 6) is 2.62. The summed E-state index contributed by atoms with van der Waals surface area (Å²) < 4.78 is 0. The fourth-order valence-electron chi connectivity index (χ4n) is 4.20. The number of carbonyl (C=O) groups is 1. The molecule has 0 radical (unpaired) electrons. The average molecular weight is 285 g/mol. The van der Waals surface area contributed by atoms with E-state index in [4.69, 9.17) is 0 Å². The lowest BCUT2D eigenvalue weighted by Gasteiger charge is -2.39. The van der Waals surface area contributed by atoms with Gasteiger partial charge in [0.15, 0.2) is 0 Å². The Labute approximate surface area is 121 Å². The van der Waals surface area contributed by atoms with E-state index in [0.29, 0.717) is 17.2 Å². The van der Waals surface area contributed by atoms with Gasteiger partial charge in [-0.3, -0.25) is 4.79 Å². The largest absolute Gasteiger partial charge is 0.342 e. The molecule has 0 aromatic carbocycles. The Morgan fingerprint density at radius 2 is 1.89 bits per heavy atom. The van der Waals surface area contributed by atoms with Gasteiger partial charge < -0.3 is 10.2 Å². The molecule has 0 aromatic rings. The van der Waals surface area contributed by atoms with Crippen LogP contribution in [0.5, 0.6) is 0 Å². The van der Waals surface area contributed by atoms with E-state index in [2.05, 4.69) is 10.2 Å². The quantitative estimate of drug-likeness (QED) is 0.842. The standard InChI is InChI=1S/C15H24N2O.ClH/c18-14(13-9-12(13)11-1-2-11)17-7-4-15(5-8-17)3-6-16-10-15;/h11-13,16H,1-10H2;1H. The van der Waals surface area contributed by atoms with Crippen LogP contribution in [0.25, 0.3) is 0 Å². The molecule has 2 saturated carbocycles. The summed E-state index contributed by atoms with van der Waals surface area (Å²) in [5, 5.41) is 3.49. The molecule has 4 heteroatoms. The number of nitrogens with zero attached hydrogens (tertiary/aromatic N) is 1. The molecule has 3 nitrogen and oxygen atoms in total. The van der Waals surface area contributed by atoms with Gasteiger partial charge in [-0.1, -0.05) is 0 Å². The van der Waals surface area contributed by atoms with Gasteiger partial charge in [-0.15, -0.1) is 12.4 Å². The smallest absolute Gasteiger partial charge is 0.225 e. The number of hydrogen-bond acceptors (Lipinski definition) is 2. The van der Waals surface area contributed by atoms with E-state index in [1.165, 1.54) is 51.6 Å². The topological polar surface area (TPSA) is 32.3 Å². The summed E-state index contributed by atoms with van der Waals surface area (Å²) in [6, 6.07) is 0. The fourth-order valence-corrected chi connectivity index (χ4v) is 4.20. The third-order valence-corrected chi connectivity index (χ3v) is 5.85. The predicted octanol–water partition coefficient (Wildman–Crippen LogP) is 2.06. The van der Waals surface area contributed by atoms with Gasteiger partial charge in [0.25, 0.3) is 0 Å². The highest BCUT2D eigenvalue weighted by Gasteiger charge is 2.52. The Kier molecular flexibility index (Phi) is 3.55. The first kappa shape index (κ1) is 13.7. The van der Waals surface area contributed by atoms with Gasteiger partial charge in [-0.2, -0.15) is 0 Å². The van der Waals surface area contributed by atoms with Crippen molar-refractivity contribution in [2.75, 3.05) is 26.2 Å². The minimum absolute atomic E-state index is 0. The number of likely N-dealkylation sites (tertiary alicyclic amines) is 1. The number of amides is 1. The highest BCUT2D eigenvalue weighted by Crippen LogP contribution is 2.55.